The van der Waals surface area contributed by atoms with Crippen molar-refractivity contribution in [3.63, 3.8) is 0 Å². The lowest BCUT2D eigenvalue weighted by atomic mass is 10.3. The second-order valence-electron chi connectivity index (χ2n) is 6.41. The molecule has 0 saturated carbocycles. The molecule has 1 aromatic carbocycles. The summed E-state index contributed by atoms with van der Waals surface area (Å²) >= 11 is 0. The molecule has 1 N–H and O–H groups in total. The van der Waals surface area contributed by atoms with Crippen molar-refractivity contribution in [1.82, 2.24) is 20.3 Å². The van der Waals surface area contributed by atoms with Crippen LogP contribution in [0.3, 0.4) is 0 Å². The SMILES string of the molecule is CCNC(=NCCOc1ccc(F)cc1F)N1CCN(Cc2ccon2)CC1.I. The Morgan fingerprint density at radius 3 is 2.69 bits per heavy atom. The summed E-state index contributed by atoms with van der Waals surface area (Å²) in [6, 6.07) is 5.14. The van der Waals surface area contributed by atoms with Crippen molar-refractivity contribution in [2.45, 2.75) is 13.5 Å². The Morgan fingerprint density at radius 2 is 2.03 bits per heavy atom. The summed E-state index contributed by atoms with van der Waals surface area (Å²) in [5.41, 5.74) is 0.930. The quantitative estimate of drug-likeness (QED) is 0.262. The Hall–Kier alpha value is -1.95. The van der Waals surface area contributed by atoms with Gasteiger partial charge >= 0.3 is 0 Å². The maximum Gasteiger partial charge on any atom is 0.194 e. The van der Waals surface area contributed by atoms with Crippen molar-refractivity contribution >= 4 is 29.9 Å². The summed E-state index contributed by atoms with van der Waals surface area (Å²) in [4.78, 5) is 9.08. The van der Waals surface area contributed by atoms with E-state index in [1.165, 1.54) is 12.1 Å². The van der Waals surface area contributed by atoms with E-state index < -0.39 is 11.6 Å². The minimum atomic E-state index is -0.709. The fourth-order valence-corrected chi connectivity index (χ4v) is 2.99. The number of nitrogens with zero attached hydrogens (tertiary/aromatic N) is 4. The average Bonchev–Trinajstić information content (AvgIpc) is 3.19. The third-order valence-electron chi connectivity index (χ3n) is 4.39. The zero-order valence-electron chi connectivity index (χ0n) is 16.3. The van der Waals surface area contributed by atoms with Crippen molar-refractivity contribution in [3.8, 4) is 5.75 Å². The molecule has 0 aliphatic carbocycles. The molecule has 10 heteroatoms. The van der Waals surface area contributed by atoms with Crippen molar-refractivity contribution in [2.75, 3.05) is 45.9 Å². The number of ether oxygens (including phenoxy) is 1. The first-order valence-corrected chi connectivity index (χ1v) is 9.38. The number of nitrogens with one attached hydrogen (secondary N) is 1. The summed E-state index contributed by atoms with van der Waals surface area (Å²) < 4.78 is 36.7. The molecule has 2 aromatic rings. The van der Waals surface area contributed by atoms with Crippen LogP contribution in [0.2, 0.25) is 0 Å². The van der Waals surface area contributed by atoms with Crippen LogP contribution in [0.15, 0.2) is 40.0 Å². The average molecular weight is 521 g/mol. The molecule has 0 bridgehead atoms. The molecule has 160 valence electrons. The molecular weight excluding hydrogens is 495 g/mol. The van der Waals surface area contributed by atoms with Gasteiger partial charge in [0.2, 0.25) is 0 Å². The van der Waals surface area contributed by atoms with Crippen LogP contribution in [0.5, 0.6) is 5.75 Å². The van der Waals surface area contributed by atoms with Crippen molar-refractivity contribution in [1.29, 1.82) is 0 Å². The molecule has 1 fully saturated rings. The lowest BCUT2D eigenvalue weighted by Crippen LogP contribution is -2.52. The second-order valence-corrected chi connectivity index (χ2v) is 6.41. The van der Waals surface area contributed by atoms with E-state index in [1.807, 2.05) is 13.0 Å². The normalized spacial score (nSPS) is 15.1. The number of rotatable bonds is 7. The van der Waals surface area contributed by atoms with Crippen molar-refractivity contribution < 1.29 is 18.0 Å². The van der Waals surface area contributed by atoms with Crippen LogP contribution in [-0.2, 0) is 6.54 Å². The van der Waals surface area contributed by atoms with Gasteiger partial charge in [0.25, 0.3) is 0 Å². The zero-order valence-corrected chi connectivity index (χ0v) is 18.6. The predicted octanol–water partition coefficient (Wildman–Crippen LogP) is 2.73. The maximum absolute atomic E-state index is 13.6. The van der Waals surface area contributed by atoms with Crippen LogP contribution in [-0.4, -0.2) is 66.8 Å². The fraction of sp³-hybridized carbons (Fsp3) is 0.474. The monoisotopic (exact) mass is 521 g/mol. The molecule has 0 unspecified atom stereocenters. The predicted molar refractivity (Wildman–Crippen MR) is 117 cm³/mol. The van der Waals surface area contributed by atoms with Crippen LogP contribution in [0.1, 0.15) is 12.6 Å². The van der Waals surface area contributed by atoms with E-state index in [-0.39, 0.29) is 36.3 Å². The standard InChI is InChI=1S/C19H25F2N5O2.HI/c1-2-22-19(23-6-12-27-18-4-3-15(20)13-17(18)21)26-9-7-25(8-10-26)14-16-5-11-28-24-16;/h3-5,11,13H,2,6-10,12,14H2,1H3,(H,22,23);1H. The molecule has 3 rings (SSSR count). The van der Waals surface area contributed by atoms with E-state index in [9.17, 15) is 8.78 Å². The van der Waals surface area contributed by atoms with Crippen LogP contribution >= 0.6 is 24.0 Å². The summed E-state index contributed by atoms with van der Waals surface area (Å²) in [5, 5.41) is 7.23. The van der Waals surface area contributed by atoms with Crippen molar-refractivity contribution in [2.24, 2.45) is 4.99 Å². The molecule has 0 amide bonds. The zero-order chi connectivity index (χ0) is 19.8. The molecule has 2 heterocycles. The number of benzene rings is 1. The van der Waals surface area contributed by atoms with Gasteiger partial charge in [0.1, 0.15) is 18.7 Å². The van der Waals surface area contributed by atoms with E-state index in [2.05, 4.69) is 25.3 Å². The highest BCUT2D eigenvalue weighted by Crippen LogP contribution is 2.17. The van der Waals surface area contributed by atoms with E-state index in [4.69, 9.17) is 9.26 Å². The van der Waals surface area contributed by atoms with Gasteiger partial charge in [-0.05, 0) is 19.1 Å². The number of piperazine rings is 1. The summed E-state index contributed by atoms with van der Waals surface area (Å²) in [6.07, 6.45) is 1.58. The molecule has 29 heavy (non-hydrogen) atoms. The first-order chi connectivity index (χ1) is 13.7. The van der Waals surface area contributed by atoms with Crippen LogP contribution in [0.25, 0.3) is 0 Å². The van der Waals surface area contributed by atoms with Crippen molar-refractivity contribution in [3.05, 3.63) is 47.9 Å². The largest absolute Gasteiger partial charge is 0.489 e. The number of hydrogen-bond acceptors (Lipinski definition) is 5. The Bertz CT molecular complexity index is 768. The first kappa shape index (κ1) is 23.3. The Kier molecular flexibility index (Phi) is 9.58. The van der Waals surface area contributed by atoms with Crippen LogP contribution in [0.4, 0.5) is 8.78 Å². The van der Waals surface area contributed by atoms with Gasteiger partial charge in [0.15, 0.2) is 17.5 Å². The summed E-state index contributed by atoms with van der Waals surface area (Å²) in [6.45, 7) is 7.61. The molecule has 0 atom stereocenters. The topological polar surface area (TPSA) is 66.1 Å². The van der Waals surface area contributed by atoms with Gasteiger partial charge in [-0.15, -0.1) is 24.0 Å². The molecule has 0 radical (unpaired) electrons. The molecule has 1 aliphatic rings. The fourth-order valence-electron chi connectivity index (χ4n) is 2.99. The number of aromatic nitrogens is 1. The number of guanidine groups is 1. The highest BCUT2D eigenvalue weighted by molar-refractivity contribution is 14.0. The van der Waals surface area contributed by atoms with Gasteiger partial charge in [-0.1, -0.05) is 5.16 Å². The Morgan fingerprint density at radius 1 is 1.24 bits per heavy atom. The minimum Gasteiger partial charge on any atom is -0.489 e. The molecular formula is C19H26F2IN5O2. The van der Waals surface area contributed by atoms with E-state index in [0.717, 1.165) is 57.0 Å². The number of halogens is 3. The smallest absolute Gasteiger partial charge is 0.194 e. The van der Waals surface area contributed by atoms with Crippen LogP contribution in [0, 0.1) is 11.6 Å². The third-order valence-corrected chi connectivity index (χ3v) is 4.39. The van der Waals surface area contributed by atoms with E-state index in [0.29, 0.717) is 6.54 Å². The van der Waals surface area contributed by atoms with Gasteiger partial charge in [-0.3, -0.25) is 4.90 Å². The molecule has 1 saturated heterocycles. The Labute approximate surface area is 186 Å². The van der Waals surface area contributed by atoms with Gasteiger partial charge in [0, 0.05) is 51.4 Å². The first-order valence-electron chi connectivity index (χ1n) is 9.38. The van der Waals surface area contributed by atoms with Gasteiger partial charge in [0.05, 0.1) is 12.2 Å². The van der Waals surface area contributed by atoms with Crippen LogP contribution < -0.4 is 10.1 Å². The molecule has 1 aliphatic heterocycles. The molecule has 1 aromatic heterocycles. The highest BCUT2D eigenvalue weighted by Gasteiger charge is 2.20. The minimum absolute atomic E-state index is 0. The van der Waals surface area contributed by atoms with Gasteiger partial charge in [-0.25, -0.2) is 13.8 Å². The van der Waals surface area contributed by atoms with Gasteiger partial charge < -0.3 is 19.5 Å². The second kappa shape index (κ2) is 11.9. The number of aliphatic imine (C=N–C) groups is 1. The molecule has 0 spiro atoms. The Balaban J connectivity index is 0.00000300. The molecule has 7 nitrogen and oxygen atoms in total. The van der Waals surface area contributed by atoms with E-state index in [1.54, 1.807) is 6.26 Å². The van der Waals surface area contributed by atoms with E-state index >= 15 is 0 Å². The maximum atomic E-state index is 13.6. The number of hydrogen-bond donors (Lipinski definition) is 1. The lowest BCUT2D eigenvalue weighted by molar-refractivity contribution is 0.169. The van der Waals surface area contributed by atoms with Gasteiger partial charge in [-0.2, -0.15) is 0 Å². The lowest BCUT2D eigenvalue weighted by Gasteiger charge is -2.36. The summed E-state index contributed by atoms with van der Waals surface area (Å²) in [5.74, 6) is -0.492. The third kappa shape index (κ3) is 7.11. The highest BCUT2D eigenvalue weighted by atomic mass is 127. The summed E-state index contributed by atoms with van der Waals surface area (Å²) in [7, 11) is 0.